The van der Waals surface area contributed by atoms with Crippen LogP contribution < -0.4 is 5.32 Å². The summed E-state index contributed by atoms with van der Waals surface area (Å²) in [5, 5.41) is 12.1. The molecule has 0 saturated carbocycles. The second kappa shape index (κ2) is 5.12. The molecular formula is C12H15N3O4S. The van der Waals surface area contributed by atoms with Crippen LogP contribution in [0.3, 0.4) is 0 Å². The van der Waals surface area contributed by atoms with Gasteiger partial charge >= 0.3 is 5.97 Å². The molecule has 0 spiro atoms. The molecule has 2 N–H and O–H groups in total. The van der Waals surface area contributed by atoms with Crippen LogP contribution in [0.15, 0.2) is 24.4 Å². The van der Waals surface area contributed by atoms with Crippen LogP contribution in [0.25, 0.3) is 5.65 Å². The predicted octanol–water partition coefficient (Wildman–Crippen LogP) is 0.877. The maximum atomic E-state index is 11.3. The number of sulfone groups is 1. The van der Waals surface area contributed by atoms with Crippen LogP contribution in [0.5, 0.6) is 0 Å². The molecule has 2 aromatic heterocycles. The van der Waals surface area contributed by atoms with Gasteiger partial charge in [0.1, 0.15) is 15.5 Å². The van der Waals surface area contributed by atoms with Crippen LogP contribution in [0.1, 0.15) is 17.4 Å². The van der Waals surface area contributed by atoms with Crippen LogP contribution >= 0.6 is 0 Å². The van der Waals surface area contributed by atoms with E-state index in [1.807, 2.05) is 0 Å². The van der Waals surface area contributed by atoms with Gasteiger partial charge in [-0.2, -0.15) is 0 Å². The number of anilines is 1. The summed E-state index contributed by atoms with van der Waals surface area (Å²) in [6, 6.07) is 4.69. The molecule has 0 radical (unpaired) electrons. The van der Waals surface area contributed by atoms with E-state index in [1.54, 1.807) is 31.3 Å². The standard InChI is InChI=1S/C12H15N3O4S/c1-8(7-20(2,18)19)13-11-10(12(16)17)15-6-4-3-5-9(15)14-11/h3-6,8,13H,7H2,1-2H3,(H,16,17). The van der Waals surface area contributed by atoms with Gasteiger partial charge in [0.2, 0.25) is 0 Å². The first-order valence-corrected chi connectivity index (χ1v) is 7.98. The summed E-state index contributed by atoms with van der Waals surface area (Å²) in [7, 11) is -3.15. The third-order valence-corrected chi connectivity index (χ3v) is 3.77. The van der Waals surface area contributed by atoms with Gasteiger partial charge in [-0.05, 0) is 19.1 Å². The number of aromatic carboxylic acids is 1. The monoisotopic (exact) mass is 297 g/mol. The average Bonchev–Trinajstić information content (AvgIpc) is 2.63. The van der Waals surface area contributed by atoms with E-state index < -0.39 is 21.8 Å². The van der Waals surface area contributed by atoms with Gasteiger partial charge in [-0.1, -0.05) is 6.07 Å². The van der Waals surface area contributed by atoms with E-state index in [0.29, 0.717) is 5.65 Å². The van der Waals surface area contributed by atoms with E-state index in [4.69, 9.17) is 0 Å². The lowest BCUT2D eigenvalue weighted by Crippen LogP contribution is -2.26. The number of hydrogen-bond donors (Lipinski definition) is 2. The number of imidazole rings is 1. The van der Waals surface area contributed by atoms with Gasteiger partial charge in [-0.3, -0.25) is 4.40 Å². The highest BCUT2D eigenvalue weighted by Gasteiger charge is 2.20. The smallest absolute Gasteiger partial charge is 0.356 e. The summed E-state index contributed by atoms with van der Waals surface area (Å²) in [6.45, 7) is 1.66. The molecule has 2 aromatic rings. The molecule has 20 heavy (non-hydrogen) atoms. The topological polar surface area (TPSA) is 101 Å². The number of fused-ring (bicyclic) bond motifs is 1. The van der Waals surface area contributed by atoms with Crippen molar-refractivity contribution in [3.05, 3.63) is 30.1 Å². The second-order valence-corrected chi connectivity index (χ2v) is 6.87. The Bertz CT molecular complexity index is 751. The second-order valence-electron chi connectivity index (χ2n) is 4.68. The Morgan fingerprint density at radius 1 is 1.50 bits per heavy atom. The molecule has 8 heteroatoms. The van der Waals surface area contributed by atoms with Crippen molar-refractivity contribution in [1.29, 1.82) is 0 Å². The lowest BCUT2D eigenvalue weighted by Gasteiger charge is -2.12. The molecule has 2 rings (SSSR count). The minimum atomic E-state index is -3.15. The Morgan fingerprint density at radius 3 is 2.80 bits per heavy atom. The van der Waals surface area contributed by atoms with Gasteiger partial charge in [0.05, 0.1) is 5.75 Å². The van der Waals surface area contributed by atoms with Crippen molar-refractivity contribution in [2.45, 2.75) is 13.0 Å². The number of aromatic nitrogens is 2. The van der Waals surface area contributed by atoms with Crippen molar-refractivity contribution in [2.75, 3.05) is 17.3 Å². The molecular weight excluding hydrogens is 282 g/mol. The van der Waals surface area contributed by atoms with Crippen molar-refractivity contribution < 1.29 is 18.3 Å². The lowest BCUT2D eigenvalue weighted by atomic mass is 10.3. The summed E-state index contributed by atoms with van der Waals surface area (Å²) < 4.78 is 23.9. The van der Waals surface area contributed by atoms with Gasteiger partial charge in [0.15, 0.2) is 11.5 Å². The minimum Gasteiger partial charge on any atom is -0.476 e. The number of nitrogens with zero attached hydrogens (tertiary/aromatic N) is 2. The van der Waals surface area contributed by atoms with Crippen molar-refractivity contribution in [1.82, 2.24) is 9.38 Å². The first-order valence-electron chi connectivity index (χ1n) is 5.92. The number of carboxylic acids is 1. The van der Waals surface area contributed by atoms with E-state index in [0.717, 1.165) is 6.26 Å². The van der Waals surface area contributed by atoms with Gasteiger partial charge in [0.25, 0.3) is 0 Å². The average molecular weight is 297 g/mol. The fourth-order valence-electron chi connectivity index (χ4n) is 2.03. The third-order valence-electron chi connectivity index (χ3n) is 2.67. The van der Waals surface area contributed by atoms with E-state index in [-0.39, 0.29) is 17.3 Å². The number of pyridine rings is 1. The van der Waals surface area contributed by atoms with Crippen LogP contribution in [-0.2, 0) is 9.84 Å². The Balaban J connectivity index is 2.39. The summed E-state index contributed by atoms with van der Waals surface area (Å²) >= 11 is 0. The van der Waals surface area contributed by atoms with Crippen LogP contribution in [-0.4, -0.2) is 46.9 Å². The van der Waals surface area contributed by atoms with E-state index in [9.17, 15) is 18.3 Å². The summed E-state index contributed by atoms with van der Waals surface area (Å²) in [6.07, 6.45) is 2.73. The number of hydrogen-bond acceptors (Lipinski definition) is 5. The van der Waals surface area contributed by atoms with Crippen molar-refractivity contribution in [2.24, 2.45) is 0 Å². The fourth-order valence-corrected chi connectivity index (χ4v) is 3.02. The van der Waals surface area contributed by atoms with Crippen molar-refractivity contribution >= 4 is 27.3 Å². The summed E-state index contributed by atoms with van der Waals surface area (Å²) in [5.74, 6) is -1.06. The zero-order valence-corrected chi connectivity index (χ0v) is 11.9. The SMILES string of the molecule is CC(CS(C)(=O)=O)Nc1nc2ccccn2c1C(=O)O. The molecule has 0 aliphatic heterocycles. The van der Waals surface area contributed by atoms with Crippen LogP contribution in [0.4, 0.5) is 5.82 Å². The van der Waals surface area contributed by atoms with Gasteiger partial charge in [0, 0.05) is 18.5 Å². The van der Waals surface area contributed by atoms with Gasteiger partial charge in [-0.15, -0.1) is 0 Å². The molecule has 0 bridgehead atoms. The first kappa shape index (κ1) is 14.3. The van der Waals surface area contributed by atoms with E-state index >= 15 is 0 Å². The molecule has 1 atom stereocenters. The molecule has 0 saturated heterocycles. The highest BCUT2D eigenvalue weighted by molar-refractivity contribution is 7.90. The third kappa shape index (κ3) is 3.08. The predicted molar refractivity (Wildman–Crippen MR) is 74.9 cm³/mol. The summed E-state index contributed by atoms with van der Waals surface area (Å²) in [5.41, 5.74) is 0.472. The molecule has 7 nitrogen and oxygen atoms in total. The molecule has 0 amide bonds. The molecule has 0 aromatic carbocycles. The Hall–Kier alpha value is -2.09. The molecule has 0 aliphatic rings. The van der Waals surface area contributed by atoms with Gasteiger partial charge < -0.3 is 10.4 Å². The quantitative estimate of drug-likeness (QED) is 0.849. The van der Waals surface area contributed by atoms with E-state index in [2.05, 4.69) is 10.3 Å². The number of rotatable bonds is 5. The number of nitrogens with one attached hydrogen (secondary N) is 1. The van der Waals surface area contributed by atoms with Crippen LogP contribution in [0.2, 0.25) is 0 Å². The molecule has 2 heterocycles. The Morgan fingerprint density at radius 2 is 2.20 bits per heavy atom. The number of carbonyl (C=O) groups is 1. The Kier molecular flexibility index (Phi) is 3.67. The van der Waals surface area contributed by atoms with Crippen molar-refractivity contribution in [3.8, 4) is 0 Å². The zero-order chi connectivity index (χ0) is 14.9. The normalized spacial score (nSPS) is 13.3. The highest BCUT2D eigenvalue weighted by Crippen LogP contribution is 2.18. The molecule has 108 valence electrons. The number of carboxylic acid groups (broad SMARTS) is 1. The fraction of sp³-hybridized carbons (Fsp3) is 0.333. The maximum absolute atomic E-state index is 11.3. The largest absolute Gasteiger partial charge is 0.476 e. The summed E-state index contributed by atoms with van der Waals surface area (Å²) in [4.78, 5) is 15.5. The molecule has 1 unspecified atom stereocenters. The molecule has 0 aliphatic carbocycles. The van der Waals surface area contributed by atoms with Crippen LogP contribution in [0, 0.1) is 0 Å². The highest BCUT2D eigenvalue weighted by atomic mass is 32.2. The Labute approximate surface area is 116 Å². The zero-order valence-electron chi connectivity index (χ0n) is 11.1. The lowest BCUT2D eigenvalue weighted by molar-refractivity contribution is 0.0690. The maximum Gasteiger partial charge on any atom is 0.356 e. The molecule has 0 fully saturated rings. The van der Waals surface area contributed by atoms with Crippen molar-refractivity contribution in [3.63, 3.8) is 0 Å². The minimum absolute atomic E-state index is 0.0130. The first-order chi connectivity index (χ1) is 9.28. The van der Waals surface area contributed by atoms with Gasteiger partial charge in [-0.25, -0.2) is 18.2 Å². The van der Waals surface area contributed by atoms with E-state index in [1.165, 1.54) is 4.40 Å².